The number of anilines is 1. The Labute approximate surface area is 175 Å². The van der Waals surface area contributed by atoms with Gasteiger partial charge >= 0.3 is 0 Å². The van der Waals surface area contributed by atoms with Crippen LogP contribution in [0.4, 0.5) is 5.95 Å². The van der Waals surface area contributed by atoms with E-state index in [1.807, 2.05) is 45.0 Å². The second kappa shape index (κ2) is 7.28. The van der Waals surface area contributed by atoms with Crippen LogP contribution in [0.15, 0.2) is 36.7 Å². The number of aromatic nitrogens is 5. The third-order valence-electron chi connectivity index (χ3n) is 6.21. The van der Waals surface area contributed by atoms with Gasteiger partial charge in [0.2, 0.25) is 5.95 Å². The van der Waals surface area contributed by atoms with E-state index in [1.165, 1.54) is 0 Å². The van der Waals surface area contributed by atoms with Gasteiger partial charge in [-0.25, -0.2) is 14.6 Å². The molecule has 3 aromatic rings. The molecule has 154 valence electrons. The number of fused-ring (bicyclic) bond motifs is 1. The van der Waals surface area contributed by atoms with Crippen molar-refractivity contribution in [3.8, 4) is 5.69 Å². The van der Waals surface area contributed by atoms with Crippen LogP contribution in [0.5, 0.6) is 0 Å². The van der Waals surface area contributed by atoms with Gasteiger partial charge < -0.3 is 10.2 Å². The second-order valence-corrected chi connectivity index (χ2v) is 8.35. The summed E-state index contributed by atoms with van der Waals surface area (Å²) in [6.45, 7) is 8.45. The fraction of sp³-hybridized carbons (Fsp3) is 0.409. The number of nitrogens with zero attached hydrogens (tertiary/aromatic N) is 6. The zero-order chi connectivity index (χ0) is 20.8. The second-order valence-electron chi connectivity index (χ2n) is 8.35. The zero-order valence-electron chi connectivity index (χ0n) is 17.4. The molecule has 3 atom stereocenters. The van der Waals surface area contributed by atoms with Gasteiger partial charge in [0.15, 0.2) is 5.78 Å². The normalized spacial score (nSPS) is 23.0. The van der Waals surface area contributed by atoms with Gasteiger partial charge in [-0.15, -0.1) is 5.10 Å². The highest BCUT2D eigenvalue weighted by molar-refractivity contribution is 6.04. The van der Waals surface area contributed by atoms with Crippen LogP contribution in [0.2, 0.25) is 0 Å². The summed E-state index contributed by atoms with van der Waals surface area (Å²) in [5.41, 5.74) is 4.42. The Bertz CT molecular complexity index is 1070. The molecule has 0 aliphatic carbocycles. The minimum Gasteiger partial charge on any atom is -0.340 e. The average Bonchev–Trinajstić information content (AvgIpc) is 3.43. The summed E-state index contributed by atoms with van der Waals surface area (Å²) in [6, 6.07) is 7.57. The maximum atomic E-state index is 13.6. The monoisotopic (exact) mass is 403 g/mol. The van der Waals surface area contributed by atoms with Crippen LogP contribution in [-0.2, 0) is 0 Å². The van der Waals surface area contributed by atoms with Crippen LogP contribution < -0.4 is 10.2 Å². The van der Waals surface area contributed by atoms with Gasteiger partial charge in [0, 0.05) is 42.5 Å². The van der Waals surface area contributed by atoms with Crippen LogP contribution in [0, 0.1) is 32.6 Å². The predicted octanol–water partition coefficient (Wildman–Crippen LogP) is 1.89. The van der Waals surface area contributed by atoms with E-state index in [0.29, 0.717) is 11.5 Å². The van der Waals surface area contributed by atoms with E-state index < -0.39 is 0 Å². The van der Waals surface area contributed by atoms with Crippen LogP contribution in [0.3, 0.4) is 0 Å². The van der Waals surface area contributed by atoms with Gasteiger partial charge in [-0.3, -0.25) is 4.79 Å². The van der Waals surface area contributed by atoms with Crippen LogP contribution in [0.25, 0.3) is 5.69 Å². The molecule has 5 rings (SSSR count). The van der Waals surface area contributed by atoms with E-state index in [-0.39, 0.29) is 17.7 Å². The number of aryl methyl sites for hydroxylation is 3. The SMILES string of the molecule is Cc1cc(C)nc(N2CC3CNC(C(=O)c4cccc(C)c4-n4ccnn4)C3C2)n1. The minimum atomic E-state index is -0.227. The Balaban J connectivity index is 1.43. The minimum absolute atomic E-state index is 0.111. The molecule has 2 fully saturated rings. The van der Waals surface area contributed by atoms with Gasteiger partial charge in [0.25, 0.3) is 0 Å². The van der Waals surface area contributed by atoms with Crippen molar-refractivity contribution >= 4 is 11.7 Å². The summed E-state index contributed by atoms with van der Waals surface area (Å²) in [5, 5.41) is 11.5. The van der Waals surface area contributed by atoms with Crippen molar-refractivity contribution in [1.82, 2.24) is 30.3 Å². The number of para-hydroxylation sites is 1. The van der Waals surface area contributed by atoms with Crippen LogP contribution in [0.1, 0.15) is 27.3 Å². The predicted molar refractivity (Wildman–Crippen MR) is 113 cm³/mol. The van der Waals surface area contributed by atoms with Crippen molar-refractivity contribution in [3.63, 3.8) is 0 Å². The summed E-state index contributed by atoms with van der Waals surface area (Å²) in [5.74, 6) is 1.51. The Morgan fingerprint density at radius 1 is 1.13 bits per heavy atom. The lowest BCUT2D eigenvalue weighted by atomic mass is 9.88. The average molecular weight is 403 g/mol. The first-order valence-corrected chi connectivity index (χ1v) is 10.3. The number of nitrogens with one attached hydrogen (secondary N) is 1. The van der Waals surface area contributed by atoms with Gasteiger partial charge in [-0.05, 0) is 44.4 Å². The van der Waals surface area contributed by atoms with Crippen LogP contribution >= 0.6 is 0 Å². The summed E-state index contributed by atoms with van der Waals surface area (Å²) in [7, 11) is 0. The van der Waals surface area contributed by atoms with E-state index in [4.69, 9.17) is 0 Å². The molecule has 2 saturated heterocycles. The van der Waals surface area contributed by atoms with Gasteiger partial charge in [0.05, 0.1) is 24.1 Å². The molecule has 1 aromatic carbocycles. The van der Waals surface area contributed by atoms with Gasteiger partial charge in [-0.1, -0.05) is 17.3 Å². The third kappa shape index (κ3) is 3.17. The molecule has 0 radical (unpaired) electrons. The Morgan fingerprint density at radius 2 is 1.93 bits per heavy atom. The third-order valence-corrected chi connectivity index (χ3v) is 6.21. The van der Waals surface area contributed by atoms with E-state index in [1.54, 1.807) is 17.1 Å². The molecule has 8 heteroatoms. The molecule has 0 bridgehead atoms. The molecular formula is C22H25N7O. The molecule has 4 heterocycles. The van der Waals surface area contributed by atoms with Crippen molar-refractivity contribution in [1.29, 1.82) is 0 Å². The van der Waals surface area contributed by atoms with Crippen molar-refractivity contribution in [3.05, 3.63) is 59.2 Å². The molecule has 0 amide bonds. The standard InChI is InChI=1S/C22H25N7O/c1-13-5-4-6-17(20(13)29-8-7-24-27-29)21(30)19-18-12-28(11-16(18)10-23-19)22-25-14(2)9-15(3)26-22/h4-9,16,18-19,23H,10-12H2,1-3H3. The maximum absolute atomic E-state index is 13.6. The Kier molecular flexibility index (Phi) is 4.58. The lowest BCUT2D eigenvalue weighted by molar-refractivity contribution is 0.0930. The summed E-state index contributed by atoms with van der Waals surface area (Å²) in [4.78, 5) is 25.1. The number of hydrogen-bond acceptors (Lipinski definition) is 7. The maximum Gasteiger partial charge on any atom is 0.225 e. The van der Waals surface area contributed by atoms with Crippen molar-refractivity contribution in [2.45, 2.75) is 26.8 Å². The van der Waals surface area contributed by atoms with Gasteiger partial charge in [0.1, 0.15) is 0 Å². The lowest BCUT2D eigenvalue weighted by Crippen LogP contribution is -2.39. The fourth-order valence-electron chi connectivity index (χ4n) is 4.88. The molecule has 0 spiro atoms. The highest BCUT2D eigenvalue weighted by Gasteiger charge is 2.46. The number of carbonyl (C=O) groups excluding carboxylic acids is 1. The van der Waals surface area contributed by atoms with E-state index in [0.717, 1.165) is 48.2 Å². The zero-order valence-corrected chi connectivity index (χ0v) is 17.4. The lowest BCUT2D eigenvalue weighted by Gasteiger charge is -2.22. The topological polar surface area (TPSA) is 88.8 Å². The fourth-order valence-corrected chi connectivity index (χ4v) is 4.88. The number of benzene rings is 1. The Morgan fingerprint density at radius 3 is 2.67 bits per heavy atom. The number of hydrogen-bond donors (Lipinski definition) is 1. The number of carbonyl (C=O) groups is 1. The van der Waals surface area contributed by atoms with Gasteiger partial charge in [-0.2, -0.15) is 0 Å². The molecule has 1 N–H and O–H groups in total. The molecule has 2 aliphatic rings. The molecular weight excluding hydrogens is 378 g/mol. The first kappa shape index (κ1) is 18.9. The van der Waals surface area contributed by atoms with Crippen molar-refractivity contribution in [2.75, 3.05) is 24.5 Å². The number of rotatable bonds is 4. The summed E-state index contributed by atoms with van der Waals surface area (Å²) < 4.78 is 1.68. The Hall–Kier alpha value is -3.13. The molecule has 2 aliphatic heterocycles. The first-order chi connectivity index (χ1) is 14.5. The van der Waals surface area contributed by atoms with Crippen molar-refractivity contribution < 1.29 is 4.79 Å². The highest BCUT2D eigenvalue weighted by atomic mass is 16.1. The van der Waals surface area contributed by atoms with E-state index in [2.05, 4.69) is 30.5 Å². The number of Topliss-reactive ketones (excluding diaryl/α,β-unsaturated/α-hetero) is 1. The molecule has 2 aromatic heterocycles. The largest absolute Gasteiger partial charge is 0.340 e. The number of ketones is 1. The smallest absolute Gasteiger partial charge is 0.225 e. The van der Waals surface area contributed by atoms with Crippen LogP contribution in [-0.4, -0.2) is 56.4 Å². The van der Waals surface area contributed by atoms with E-state index in [9.17, 15) is 4.79 Å². The molecule has 0 saturated carbocycles. The molecule has 30 heavy (non-hydrogen) atoms. The van der Waals surface area contributed by atoms with E-state index >= 15 is 0 Å². The van der Waals surface area contributed by atoms with Crippen molar-refractivity contribution in [2.24, 2.45) is 11.8 Å². The molecule has 3 unspecified atom stereocenters. The summed E-state index contributed by atoms with van der Waals surface area (Å²) >= 11 is 0. The summed E-state index contributed by atoms with van der Waals surface area (Å²) in [6.07, 6.45) is 3.40. The molecule has 8 nitrogen and oxygen atoms in total. The first-order valence-electron chi connectivity index (χ1n) is 10.3. The quantitative estimate of drug-likeness (QED) is 0.666. The highest BCUT2D eigenvalue weighted by Crippen LogP contribution is 2.35.